The maximum absolute atomic E-state index is 5.48. The van der Waals surface area contributed by atoms with Crippen molar-refractivity contribution >= 4 is 43.3 Å². The van der Waals surface area contributed by atoms with Crippen LogP contribution in [0.1, 0.15) is 0 Å². The summed E-state index contributed by atoms with van der Waals surface area (Å²) in [4.78, 5) is 9.43. The number of ether oxygens (including phenoxy) is 2. The molecule has 3 heterocycles. The van der Waals surface area contributed by atoms with Gasteiger partial charge in [0.15, 0.2) is 22.4 Å². The normalized spacial score (nSPS) is 14.6. The SMILES string of the molecule is COc1cc2cnnc(N3CCN(c4nc5ccccc5s4)CC3)c2cc1OC. The molecule has 1 fully saturated rings. The van der Waals surface area contributed by atoms with Crippen LogP contribution in [0.4, 0.5) is 10.9 Å². The lowest BCUT2D eigenvalue weighted by molar-refractivity contribution is 0.356. The molecule has 4 aromatic rings. The van der Waals surface area contributed by atoms with Crippen LogP contribution in [0.25, 0.3) is 21.0 Å². The smallest absolute Gasteiger partial charge is 0.186 e. The number of thiazole rings is 1. The van der Waals surface area contributed by atoms with E-state index in [-0.39, 0.29) is 0 Å². The van der Waals surface area contributed by atoms with Gasteiger partial charge in [-0.2, -0.15) is 5.10 Å². The quantitative estimate of drug-likeness (QED) is 0.512. The fraction of sp³-hybridized carbons (Fsp3) is 0.286. The molecule has 0 atom stereocenters. The molecule has 0 aliphatic carbocycles. The van der Waals surface area contributed by atoms with Crippen molar-refractivity contribution in [3.63, 3.8) is 0 Å². The third kappa shape index (κ3) is 3.19. The molecule has 1 aliphatic rings. The van der Waals surface area contributed by atoms with Gasteiger partial charge in [0.2, 0.25) is 0 Å². The molecule has 0 saturated carbocycles. The lowest BCUT2D eigenvalue weighted by atomic mass is 10.1. The molecule has 0 spiro atoms. The van der Waals surface area contributed by atoms with Gasteiger partial charge in [-0.15, -0.1) is 5.10 Å². The molecule has 0 amide bonds. The van der Waals surface area contributed by atoms with Crippen molar-refractivity contribution < 1.29 is 9.47 Å². The van der Waals surface area contributed by atoms with E-state index < -0.39 is 0 Å². The minimum absolute atomic E-state index is 0.694. The minimum atomic E-state index is 0.694. The van der Waals surface area contributed by atoms with Crippen LogP contribution in [0.15, 0.2) is 42.6 Å². The molecular weight excluding hydrogens is 386 g/mol. The van der Waals surface area contributed by atoms with E-state index in [0.29, 0.717) is 11.5 Å². The van der Waals surface area contributed by atoms with Crippen molar-refractivity contribution in [2.24, 2.45) is 0 Å². The zero-order valence-corrected chi connectivity index (χ0v) is 17.1. The number of para-hydroxylation sites is 1. The van der Waals surface area contributed by atoms with Crippen molar-refractivity contribution in [2.45, 2.75) is 0 Å². The monoisotopic (exact) mass is 407 g/mol. The van der Waals surface area contributed by atoms with Gasteiger partial charge in [-0.05, 0) is 24.3 Å². The van der Waals surface area contributed by atoms with E-state index in [1.54, 1.807) is 31.8 Å². The average molecular weight is 407 g/mol. The van der Waals surface area contributed by atoms with E-state index in [0.717, 1.165) is 53.4 Å². The minimum Gasteiger partial charge on any atom is -0.493 e. The number of hydrogen-bond acceptors (Lipinski definition) is 8. The predicted molar refractivity (Wildman–Crippen MR) is 117 cm³/mol. The van der Waals surface area contributed by atoms with Gasteiger partial charge < -0.3 is 19.3 Å². The van der Waals surface area contributed by atoms with Crippen molar-refractivity contribution in [3.8, 4) is 11.5 Å². The first-order chi connectivity index (χ1) is 14.3. The summed E-state index contributed by atoms with van der Waals surface area (Å²) in [7, 11) is 3.29. The second-order valence-electron chi connectivity index (χ2n) is 6.90. The second-order valence-corrected chi connectivity index (χ2v) is 7.91. The highest BCUT2D eigenvalue weighted by molar-refractivity contribution is 7.22. The molecule has 0 bridgehead atoms. The molecular formula is C21H21N5O2S. The maximum atomic E-state index is 5.48. The Labute approximate surface area is 172 Å². The van der Waals surface area contributed by atoms with Gasteiger partial charge >= 0.3 is 0 Å². The first kappa shape index (κ1) is 17.9. The zero-order chi connectivity index (χ0) is 19.8. The van der Waals surface area contributed by atoms with Crippen LogP contribution in [0.5, 0.6) is 11.5 Å². The van der Waals surface area contributed by atoms with Gasteiger partial charge in [0, 0.05) is 37.0 Å². The number of fused-ring (bicyclic) bond motifs is 2. The Kier molecular flexibility index (Phi) is 4.55. The molecule has 148 valence electrons. The van der Waals surface area contributed by atoms with Gasteiger partial charge in [0.25, 0.3) is 0 Å². The fourth-order valence-electron chi connectivity index (χ4n) is 3.73. The molecule has 0 N–H and O–H groups in total. The molecule has 2 aromatic carbocycles. The largest absolute Gasteiger partial charge is 0.493 e. The summed E-state index contributed by atoms with van der Waals surface area (Å²) in [6.45, 7) is 3.51. The number of anilines is 2. The Bertz CT molecular complexity index is 1140. The maximum Gasteiger partial charge on any atom is 0.186 e. The fourth-order valence-corrected chi connectivity index (χ4v) is 4.75. The first-order valence-electron chi connectivity index (χ1n) is 9.49. The summed E-state index contributed by atoms with van der Waals surface area (Å²) in [6, 6.07) is 12.2. The highest BCUT2D eigenvalue weighted by Gasteiger charge is 2.23. The zero-order valence-electron chi connectivity index (χ0n) is 16.3. The number of aromatic nitrogens is 3. The summed E-state index contributed by atoms with van der Waals surface area (Å²) >= 11 is 1.75. The third-order valence-corrected chi connectivity index (χ3v) is 6.38. The molecule has 0 unspecified atom stereocenters. The highest BCUT2D eigenvalue weighted by atomic mass is 32.1. The summed E-state index contributed by atoms with van der Waals surface area (Å²) in [5, 5.41) is 11.7. The molecule has 1 aliphatic heterocycles. The Morgan fingerprint density at radius 2 is 1.66 bits per heavy atom. The van der Waals surface area contributed by atoms with Crippen LogP contribution >= 0.6 is 11.3 Å². The van der Waals surface area contributed by atoms with Gasteiger partial charge in [-0.3, -0.25) is 0 Å². The van der Waals surface area contributed by atoms with E-state index in [9.17, 15) is 0 Å². The number of nitrogens with zero attached hydrogens (tertiary/aromatic N) is 5. The lowest BCUT2D eigenvalue weighted by Gasteiger charge is -2.35. The van der Waals surface area contributed by atoms with Crippen LogP contribution in [-0.2, 0) is 0 Å². The van der Waals surface area contributed by atoms with Crippen LogP contribution in [0.3, 0.4) is 0 Å². The number of benzene rings is 2. The van der Waals surface area contributed by atoms with E-state index in [1.807, 2.05) is 18.2 Å². The van der Waals surface area contributed by atoms with Crippen LogP contribution in [0.2, 0.25) is 0 Å². The van der Waals surface area contributed by atoms with E-state index in [2.05, 4.69) is 38.2 Å². The third-order valence-electron chi connectivity index (χ3n) is 5.28. The van der Waals surface area contributed by atoms with Crippen LogP contribution in [-0.4, -0.2) is 55.6 Å². The van der Waals surface area contributed by atoms with Gasteiger partial charge in [0.05, 0.1) is 30.6 Å². The topological polar surface area (TPSA) is 63.6 Å². The molecule has 0 radical (unpaired) electrons. The molecule has 1 saturated heterocycles. The number of methoxy groups -OCH3 is 2. The van der Waals surface area contributed by atoms with Crippen molar-refractivity contribution in [1.29, 1.82) is 0 Å². The standard InChI is InChI=1S/C21H21N5O2S/c1-27-17-11-14-13-22-24-20(15(14)12-18(17)28-2)25-7-9-26(10-8-25)21-23-16-5-3-4-6-19(16)29-21/h3-6,11-13H,7-10H2,1-2H3. The molecule has 2 aromatic heterocycles. The van der Waals surface area contributed by atoms with Gasteiger partial charge in [-0.1, -0.05) is 23.5 Å². The Morgan fingerprint density at radius 1 is 0.931 bits per heavy atom. The summed E-state index contributed by atoms with van der Waals surface area (Å²) < 4.78 is 12.1. The molecule has 7 nitrogen and oxygen atoms in total. The highest BCUT2D eigenvalue weighted by Crippen LogP contribution is 2.36. The first-order valence-corrected chi connectivity index (χ1v) is 10.3. The molecule has 29 heavy (non-hydrogen) atoms. The Morgan fingerprint density at radius 3 is 2.41 bits per heavy atom. The second kappa shape index (κ2) is 7.36. The lowest BCUT2D eigenvalue weighted by Crippen LogP contribution is -2.47. The van der Waals surface area contributed by atoms with Crippen LogP contribution < -0.4 is 19.3 Å². The van der Waals surface area contributed by atoms with E-state index >= 15 is 0 Å². The van der Waals surface area contributed by atoms with Crippen molar-refractivity contribution in [1.82, 2.24) is 15.2 Å². The summed E-state index contributed by atoms with van der Waals surface area (Å²) in [6.07, 6.45) is 1.76. The van der Waals surface area contributed by atoms with Crippen molar-refractivity contribution in [2.75, 3.05) is 50.2 Å². The van der Waals surface area contributed by atoms with Gasteiger partial charge in [-0.25, -0.2) is 4.98 Å². The van der Waals surface area contributed by atoms with E-state index in [4.69, 9.17) is 14.5 Å². The van der Waals surface area contributed by atoms with E-state index in [1.165, 1.54) is 4.70 Å². The Hall–Kier alpha value is -3.13. The number of hydrogen-bond donors (Lipinski definition) is 0. The average Bonchev–Trinajstić information content (AvgIpc) is 3.22. The van der Waals surface area contributed by atoms with Gasteiger partial charge in [0.1, 0.15) is 0 Å². The number of rotatable bonds is 4. The Balaban J connectivity index is 1.41. The molecule has 5 rings (SSSR count). The number of piperazine rings is 1. The molecule has 8 heteroatoms. The summed E-state index contributed by atoms with van der Waals surface area (Å²) in [5.41, 5.74) is 1.07. The summed E-state index contributed by atoms with van der Waals surface area (Å²) in [5.74, 6) is 2.27. The predicted octanol–water partition coefficient (Wildman–Crippen LogP) is 3.58. The van der Waals surface area contributed by atoms with Crippen LogP contribution in [0, 0.1) is 0 Å². The van der Waals surface area contributed by atoms with Crippen molar-refractivity contribution in [3.05, 3.63) is 42.6 Å².